The van der Waals surface area contributed by atoms with E-state index in [2.05, 4.69) is 10.3 Å². The zero-order valence-electron chi connectivity index (χ0n) is 10.9. The maximum Gasteiger partial charge on any atom is 0.257 e. The van der Waals surface area contributed by atoms with Crippen LogP contribution in [0.3, 0.4) is 0 Å². The summed E-state index contributed by atoms with van der Waals surface area (Å²) in [4.78, 5) is 15.4. The summed E-state index contributed by atoms with van der Waals surface area (Å²) in [7, 11) is 0. The predicted molar refractivity (Wildman–Crippen MR) is 82.4 cm³/mol. The summed E-state index contributed by atoms with van der Waals surface area (Å²) >= 11 is 5.87. The normalized spacial score (nSPS) is 10.3. The highest BCUT2D eigenvalue weighted by molar-refractivity contribution is 6.31. The topological polar surface area (TPSA) is 68.7 Å². The van der Waals surface area contributed by atoms with Crippen molar-refractivity contribution in [3.63, 3.8) is 0 Å². The molecule has 0 bridgehead atoms. The first-order valence-corrected chi connectivity index (χ1v) is 6.64. The smallest absolute Gasteiger partial charge is 0.257 e. The van der Waals surface area contributed by atoms with Gasteiger partial charge in [-0.05, 0) is 24.3 Å². The van der Waals surface area contributed by atoms with Crippen molar-refractivity contribution in [2.75, 3.05) is 5.32 Å². The quantitative estimate of drug-likeness (QED) is 0.751. The molecule has 21 heavy (non-hydrogen) atoms. The van der Waals surface area contributed by atoms with E-state index in [0.717, 1.165) is 10.9 Å². The lowest BCUT2D eigenvalue weighted by Gasteiger charge is -2.05. The SMILES string of the molecule is N#Cc1cc(NC(=O)c2c[nH]c3ccccc23)ccc1Cl. The molecule has 0 aliphatic heterocycles. The van der Waals surface area contributed by atoms with Gasteiger partial charge in [0.15, 0.2) is 0 Å². The lowest BCUT2D eigenvalue weighted by molar-refractivity contribution is 0.102. The molecule has 1 amide bonds. The largest absolute Gasteiger partial charge is 0.360 e. The van der Waals surface area contributed by atoms with E-state index in [1.165, 1.54) is 0 Å². The molecule has 0 saturated carbocycles. The summed E-state index contributed by atoms with van der Waals surface area (Å²) in [6.45, 7) is 0. The second-order valence-electron chi connectivity index (χ2n) is 4.51. The molecule has 4 nitrogen and oxygen atoms in total. The molecule has 3 aromatic rings. The number of nitrogens with zero attached hydrogens (tertiary/aromatic N) is 1. The average Bonchev–Trinajstić information content (AvgIpc) is 2.93. The summed E-state index contributed by atoms with van der Waals surface area (Å²) in [5.41, 5.74) is 2.31. The number of hydrogen-bond acceptors (Lipinski definition) is 2. The third-order valence-corrected chi connectivity index (χ3v) is 3.51. The van der Waals surface area contributed by atoms with Crippen LogP contribution in [-0.4, -0.2) is 10.9 Å². The highest BCUT2D eigenvalue weighted by Crippen LogP contribution is 2.22. The first kappa shape index (κ1) is 13.2. The third kappa shape index (κ3) is 2.47. The number of benzene rings is 2. The molecule has 0 aliphatic carbocycles. The minimum absolute atomic E-state index is 0.237. The molecule has 5 heteroatoms. The van der Waals surface area contributed by atoms with E-state index in [0.29, 0.717) is 21.8 Å². The van der Waals surface area contributed by atoms with E-state index in [1.807, 2.05) is 30.3 Å². The van der Waals surface area contributed by atoms with Crippen LogP contribution < -0.4 is 5.32 Å². The monoisotopic (exact) mass is 295 g/mol. The lowest BCUT2D eigenvalue weighted by atomic mass is 10.1. The number of carbonyl (C=O) groups excluding carboxylic acids is 1. The Labute approximate surface area is 126 Å². The molecular weight excluding hydrogens is 286 g/mol. The number of nitrogens with one attached hydrogen (secondary N) is 2. The van der Waals surface area contributed by atoms with E-state index < -0.39 is 0 Å². The number of carbonyl (C=O) groups is 1. The molecule has 0 aliphatic rings. The van der Waals surface area contributed by atoms with Crippen LogP contribution in [0.4, 0.5) is 5.69 Å². The van der Waals surface area contributed by atoms with E-state index in [4.69, 9.17) is 16.9 Å². The van der Waals surface area contributed by atoms with Crippen molar-refractivity contribution >= 4 is 34.1 Å². The Kier molecular flexibility index (Phi) is 3.35. The van der Waals surface area contributed by atoms with Crippen LogP contribution in [0.1, 0.15) is 15.9 Å². The number of aromatic amines is 1. The zero-order valence-corrected chi connectivity index (χ0v) is 11.6. The number of nitriles is 1. The second kappa shape index (κ2) is 5.31. The molecule has 0 atom stereocenters. The fourth-order valence-electron chi connectivity index (χ4n) is 2.15. The minimum Gasteiger partial charge on any atom is -0.360 e. The average molecular weight is 296 g/mol. The standard InChI is InChI=1S/C16H10ClN3O/c17-14-6-5-11(7-10(14)8-18)20-16(21)13-9-19-15-4-2-1-3-12(13)15/h1-7,9,19H,(H,20,21). The number of anilines is 1. The summed E-state index contributed by atoms with van der Waals surface area (Å²) in [5, 5.41) is 12.9. The number of amides is 1. The van der Waals surface area contributed by atoms with Crippen LogP contribution >= 0.6 is 11.6 Å². The van der Waals surface area contributed by atoms with Crippen LogP contribution in [-0.2, 0) is 0 Å². The fraction of sp³-hybridized carbons (Fsp3) is 0. The van der Waals surface area contributed by atoms with E-state index in [9.17, 15) is 4.79 Å². The van der Waals surface area contributed by atoms with Gasteiger partial charge in [-0.25, -0.2) is 0 Å². The van der Waals surface area contributed by atoms with E-state index in [-0.39, 0.29) is 5.91 Å². The van der Waals surface area contributed by atoms with Gasteiger partial charge in [-0.15, -0.1) is 0 Å². The van der Waals surface area contributed by atoms with Gasteiger partial charge in [0.1, 0.15) is 6.07 Å². The van der Waals surface area contributed by atoms with Crippen molar-refractivity contribution in [2.24, 2.45) is 0 Å². The van der Waals surface area contributed by atoms with Gasteiger partial charge in [0.2, 0.25) is 0 Å². The number of halogens is 1. The molecular formula is C16H10ClN3O. The fourth-order valence-corrected chi connectivity index (χ4v) is 2.31. The van der Waals surface area contributed by atoms with Crippen LogP contribution in [0.25, 0.3) is 10.9 Å². The van der Waals surface area contributed by atoms with Crippen LogP contribution in [0.15, 0.2) is 48.7 Å². The molecule has 2 aromatic carbocycles. The first-order valence-electron chi connectivity index (χ1n) is 6.26. The maximum atomic E-state index is 12.3. The van der Waals surface area contributed by atoms with E-state index in [1.54, 1.807) is 24.4 Å². The Balaban J connectivity index is 1.92. The molecule has 2 N–H and O–H groups in total. The highest BCUT2D eigenvalue weighted by atomic mass is 35.5. The van der Waals surface area contributed by atoms with Crippen LogP contribution in [0, 0.1) is 11.3 Å². The van der Waals surface area contributed by atoms with Crippen molar-refractivity contribution < 1.29 is 4.79 Å². The molecule has 0 radical (unpaired) electrons. The molecule has 1 heterocycles. The number of para-hydroxylation sites is 1. The summed E-state index contributed by atoms with van der Waals surface area (Å²) in [6, 6.07) is 14.3. The molecule has 1 aromatic heterocycles. The Morgan fingerprint density at radius 2 is 2.05 bits per heavy atom. The minimum atomic E-state index is -0.237. The number of aromatic nitrogens is 1. The summed E-state index contributed by atoms with van der Waals surface area (Å²) in [6.07, 6.45) is 1.67. The van der Waals surface area contributed by atoms with Gasteiger partial charge in [-0.1, -0.05) is 29.8 Å². The van der Waals surface area contributed by atoms with Gasteiger partial charge < -0.3 is 10.3 Å². The molecule has 0 fully saturated rings. The van der Waals surface area contributed by atoms with Crippen molar-refractivity contribution in [3.05, 3.63) is 64.8 Å². The summed E-state index contributed by atoms with van der Waals surface area (Å²) in [5.74, 6) is -0.237. The molecule has 0 spiro atoms. The highest BCUT2D eigenvalue weighted by Gasteiger charge is 2.12. The van der Waals surface area contributed by atoms with Gasteiger partial charge in [-0.3, -0.25) is 4.79 Å². The molecule has 0 saturated heterocycles. The third-order valence-electron chi connectivity index (χ3n) is 3.18. The van der Waals surface area contributed by atoms with Crippen molar-refractivity contribution in [3.8, 4) is 6.07 Å². The van der Waals surface area contributed by atoms with Crippen molar-refractivity contribution in [1.29, 1.82) is 5.26 Å². The van der Waals surface area contributed by atoms with Gasteiger partial charge in [0.25, 0.3) is 5.91 Å². The number of hydrogen-bond donors (Lipinski definition) is 2. The van der Waals surface area contributed by atoms with Gasteiger partial charge in [0, 0.05) is 22.8 Å². The first-order chi connectivity index (χ1) is 10.2. The Bertz CT molecular complexity index is 877. The van der Waals surface area contributed by atoms with Gasteiger partial charge >= 0.3 is 0 Å². The van der Waals surface area contributed by atoms with Gasteiger partial charge in [-0.2, -0.15) is 5.26 Å². The number of H-pyrrole nitrogens is 1. The lowest BCUT2D eigenvalue weighted by Crippen LogP contribution is -2.11. The van der Waals surface area contributed by atoms with Crippen LogP contribution in [0.2, 0.25) is 5.02 Å². The number of fused-ring (bicyclic) bond motifs is 1. The Hall–Kier alpha value is -2.77. The van der Waals surface area contributed by atoms with Crippen LogP contribution in [0.5, 0.6) is 0 Å². The predicted octanol–water partition coefficient (Wildman–Crippen LogP) is 3.95. The van der Waals surface area contributed by atoms with Crippen molar-refractivity contribution in [2.45, 2.75) is 0 Å². The molecule has 3 rings (SSSR count). The molecule has 102 valence electrons. The van der Waals surface area contributed by atoms with E-state index >= 15 is 0 Å². The Morgan fingerprint density at radius 3 is 2.86 bits per heavy atom. The molecule has 0 unspecified atom stereocenters. The zero-order chi connectivity index (χ0) is 14.8. The Morgan fingerprint density at radius 1 is 1.24 bits per heavy atom. The van der Waals surface area contributed by atoms with Gasteiger partial charge in [0.05, 0.1) is 16.1 Å². The summed E-state index contributed by atoms with van der Waals surface area (Å²) < 4.78 is 0. The van der Waals surface area contributed by atoms with Crippen molar-refractivity contribution in [1.82, 2.24) is 4.98 Å². The second-order valence-corrected chi connectivity index (χ2v) is 4.92. The maximum absolute atomic E-state index is 12.3. The number of rotatable bonds is 2.